The second-order valence-electron chi connectivity index (χ2n) is 1.13. The molecule has 1 aromatic rings. The zero-order chi connectivity index (χ0) is 5.11. The van der Waals surface area contributed by atoms with Gasteiger partial charge in [0.1, 0.15) is 0 Å². The Bertz CT molecular complexity index is 147. The van der Waals surface area contributed by atoms with E-state index in [1.165, 1.54) is 6.20 Å². The molecule has 0 unspecified atom stereocenters. The van der Waals surface area contributed by atoms with Gasteiger partial charge in [-0.15, -0.1) is 0 Å². The van der Waals surface area contributed by atoms with Crippen molar-refractivity contribution in [3.05, 3.63) is 18.0 Å². The van der Waals surface area contributed by atoms with Gasteiger partial charge in [-0.3, -0.25) is 9.89 Å². The Labute approximate surface area is 45.8 Å². The van der Waals surface area contributed by atoms with Crippen LogP contribution in [0.1, 0.15) is 10.5 Å². The lowest BCUT2D eigenvalue weighted by Gasteiger charge is -1.68. The van der Waals surface area contributed by atoms with E-state index in [1.54, 1.807) is 6.07 Å². The van der Waals surface area contributed by atoms with Crippen LogP contribution >= 0.6 is 0 Å². The molecule has 0 saturated heterocycles. The van der Waals surface area contributed by atoms with E-state index >= 15 is 0 Å². The Kier molecular flexibility index (Phi) is 2.50. The fourth-order valence-electron chi connectivity index (χ4n) is 0.332. The third kappa shape index (κ3) is 1.16. The van der Waals surface area contributed by atoms with E-state index in [2.05, 4.69) is 10.2 Å². The molecule has 3 N–H and O–H groups in total. The molecule has 0 fully saturated rings. The van der Waals surface area contributed by atoms with Crippen molar-refractivity contribution >= 4 is 6.29 Å². The molecule has 1 aromatic heterocycles. The number of aromatic amines is 1. The normalized spacial score (nSPS) is 7.50. The second-order valence-corrected chi connectivity index (χ2v) is 1.13. The summed E-state index contributed by atoms with van der Waals surface area (Å²) in [6.45, 7) is 0. The van der Waals surface area contributed by atoms with Gasteiger partial charge in [0.15, 0.2) is 6.29 Å². The molecule has 0 aliphatic carbocycles. The molecule has 0 bridgehead atoms. The summed E-state index contributed by atoms with van der Waals surface area (Å²) in [5, 5.41) is 6.01. The third-order valence-electron chi connectivity index (χ3n) is 0.649. The summed E-state index contributed by atoms with van der Waals surface area (Å²) in [7, 11) is 0. The van der Waals surface area contributed by atoms with E-state index in [1.807, 2.05) is 0 Å². The summed E-state index contributed by atoms with van der Waals surface area (Å²) in [6, 6.07) is 1.60. The van der Waals surface area contributed by atoms with Crippen LogP contribution in [0.15, 0.2) is 12.3 Å². The first-order valence-electron chi connectivity index (χ1n) is 1.88. The summed E-state index contributed by atoms with van der Waals surface area (Å²) in [5.41, 5.74) is 0.514. The second kappa shape index (κ2) is 2.92. The summed E-state index contributed by atoms with van der Waals surface area (Å²) in [4.78, 5) is 9.80. The van der Waals surface area contributed by atoms with Gasteiger partial charge in [0, 0.05) is 6.20 Å². The van der Waals surface area contributed by atoms with Gasteiger partial charge in [0.05, 0.1) is 5.69 Å². The van der Waals surface area contributed by atoms with E-state index in [4.69, 9.17) is 0 Å². The molecule has 0 atom stereocenters. The van der Waals surface area contributed by atoms with Crippen LogP contribution in [-0.2, 0) is 0 Å². The first kappa shape index (κ1) is 6.84. The highest BCUT2D eigenvalue weighted by molar-refractivity contribution is 5.70. The SMILES string of the molecule is O.O=Cc1ccn[nH]1. The number of rotatable bonds is 1. The largest absolute Gasteiger partial charge is 0.412 e. The van der Waals surface area contributed by atoms with Crippen molar-refractivity contribution in [1.29, 1.82) is 0 Å². The number of aromatic nitrogens is 2. The zero-order valence-corrected chi connectivity index (χ0v) is 4.09. The van der Waals surface area contributed by atoms with Gasteiger partial charge in [-0.1, -0.05) is 0 Å². The Morgan fingerprint density at radius 1 is 1.75 bits per heavy atom. The minimum absolute atomic E-state index is 0. The Hall–Kier alpha value is -1.16. The quantitative estimate of drug-likeness (QED) is 0.495. The molecule has 0 aliphatic rings. The topological polar surface area (TPSA) is 77.2 Å². The van der Waals surface area contributed by atoms with E-state index in [9.17, 15) is 4.79 Å². The maximum atomic E-state index is 9.80. The van der Waals surface area contributed by atoms with Crippen molar-refractivity contribution in [3.63, 3.8) is 0 Å². The van der Waals surface area contributed by atoms with E-state index in [-0.39, 0.29) is 5.48 Å². The summed E-state index contributed by atoms with van der Waals surface area (Å²) >= 11 is 0. The van der Waals surface area contributed by atoms with Crippen molar-refractivity contribution in [2.75, 3.05) is 0 Å². The van der Waals surface area contributed by atoms with Crippen molar-refractivity contribution in [3.8, 4) is 0 Å². The molecule has 4 heteroatoms. The molecule has 1 rings (SSSR count). The molecule has 0 amide bonds. The molecular weight excluding hydrogens is 108 g/mol. The maximum Gasteiger partial charge on any atom is 0.167 e. The van der Waals surface area contributed by atoms with Crippen LogP contribution in [0, 0.1) is 0 Å². The smallest absolute Gasteiger partial charge is 0.167 e. The standard InChI is InChI=1S/C4H4N2O.H2O/c7-3-4-1-2-5-6-4;/h1-3H,(H,5,6);1H2. The monoisotopic (exact) mass is 114 g/mol. The van der Waals surface area contributed by atoms with Crippen LogP contribution in [0.2, 0.25) is 0 Å². The summed E-state index contributed by atoms with van der Waals surface area (Å²) in [5.74, 6) is 0. The van der Waals surface area contributed by atoms with Crippen molar-refractivity contribution in [1.82, 2.24) is 10.2 Å². The number of carbonyl (C=O) groups is 1. The van der Waals surface area contributed by atoms with Crippen LogP contribution < -0.4 is 0 Å². The molecule has 0 radical (unpaired) electrons. The van der Waals surface area contributed by atoms with Gasteiger partial charge in [0.2, 0.25) is 0 Å². The van der Waals surface area contributed by atoms with E-state index in [0.29, 0.717) is 12.0 Å². The first-order chi connectivity index (χ1) is 3.43. The average Bonchev–Trinajstić information content (AvgIpc) is 2.14. The van der Waals surface area contributed by atoms with E-state index in [0.717, 1.165) is 0 Å². The van der Waals surface area contributed by atoms with Crippen LogP contribution in [-0.4, -0.2) is 22.0 Å². The van der Waals surface area contributed by atoms with Crippen LogP contribution in [0.3, 0.4) is 0 Å². The van der Waals surface area contributed by atoms with Gasteiger partial charge in [-0.25, -0.2) is 0 Å². The Morgan fingerprint density at radius 3 is 2.75 bits per heavy atom. The van der Waals surface area contributed by atoms with Gasteiger partial charge in [-0.05, 0) is 6.07 Å². The maximum absolute atomic E-state index is 9.80. The minimum Gasteiger partial charge on any atom is -0.412 e. The molecule has 8 heavy (non-hydrogen) atoms. The van der Waals surface area contributed by atoms with Crippen LogP contribution in [0.5, 0.6) is 0 Å². The number of nitrogens with one attached hydrogen (secondary N) is 1. The molecule has 44 valence electrons. The predicted molar refractivity (Wildman–Crippen MR) is 27.6 cm³/mol. The highest BCUT2D eigenvalue weighted by Gasteiger charge is 1.82. The lowest BCUT2D eigenvalue weighted by Crippen LogP contribution is -1.75. The van der Waals surface area contributed by atoms with Gasteiger partial charge in [0.25, 0.3) is 0 Å². The Morgan fingerprint density at radius 2 is 2.50 bits per heavy atom. The van der Waals surface area contributed by atoms with Crippen LogP contribution in [0.25, 0.3) is 0 Å². The number of H-pyrrole nitrogens is 1. The lowest BCUT2D eigenvalue weighted by molar-refractivity contribution is 0.111. The average molecular weight is 114 g/mol. The third-order valence-corrected chi connectivity index (χ3v) is 0.649. The zero-order valence-electron chi connectivity index (χ0n) is 4.09. The number of nitrogens with zero attached hydrogens (tertiary/aromatic N) is 1. The van der Waals surface area contributed by atoms with E-state index < -0.39 is 0 Å². The first-order valence-corrected chi connectivity index (χ1v) is 1.88. The number of carbonyl (C=O) groups excluding carboxylic acids is 1. The Balaban J connectivity index is 0.000000490. The van der Waals surface area contributed by atoms with Gasteiger partial charge >= 0.3 is 0 Å². The van der Waals surface area contributed by atoms with Crippen LogP contribution in [0.4, 0.5) is 0 Å². The summed E-state index contributed by atoms with van der Waals surface area (Å²) < 4.78 is 0. The van der Waals surface area contributed by atoms with Crippen molar-refractivity contribution < 1.29 is 10.3 Å². The lowest BCUT2D eigenvalue weighted by atomic mass is 10.5. The van der Waals surface area contributed by atoms with Crippen molar-refractivity contribution in [2.24, 2.45) is 0 Å². The minimum atomic E-state index is 0. The molecule has 0 aromatic carbocycles. The fraction of sp³-hybridized carbons (Fsp3) is 0. The molecule has 0 spiro atoms. The number of hydrogen-bond donors (Lipinski definition) is 1. The summed E-state index contributed by atoms with van der Waals surface area (Å²) in [6.07, 6.45) is 2.25. The van der Waals surface area contributed by atoms with Crippen molar-refractivity contribution in [2.45, 2.75) is 0 Å². The predicted octanol–water partition coefficient (Wildman–Crippen LogP) is -0.603. The highest BCUT2D eigenvalue weighted by atomic mass is 16.1. The fourth-order valence-corrected chi connectivity index (χ4v) is 0.332. The molecule has 4 nitrogen and oxygen atoms in total. The number of aldehydes is 1. The highest BCUT2D eigenvalue weighted by Crippen LogP contribution is 1.81. The molecule has 0 saturated carbocycles. The molecule has 0 aliphatic heterocycles. The van der Waals surface area contributed by atoms with Gasteiger partial charge in [-0.2, -0.15) is 5.10 Å². The molecular formula is C4H6N2O2. The molecule has 1 heterocycles. The van der Waals surface area contributed by atoms with Gasteiger partial charge < -0.3 is 5.48 Å². The number of hydrogen-bond acceptors (Lipinski definition) is 2.